The van der Waals surface area contributed by atoms with Crippen molar-refractivity contribution in [2.45, 2.75) is 52.1 Å². The van der Waals surface area contributed by atoms with Gasteiger partial charge < -0.3 is 4.90 Å². The maximum Gasteiger partial charge on any atom is 0.241 e. The van der Waals surface area contributed by atoms with E-state index in [2.05, 4.69) is 31.0 Å². The van der Waals surface area contributed by atoms with Crippen molar-refractivity contribution in [3.05, 3.63) is 0 Å². The highest BCUT2D eigenvalue weighted by molar-refractivity contribution is 5.84. The van der Waals surface area contributed by atoms with Gasteiger partial charge in [0.15, 0.2) is 0 Å². The zero-order valence-electron chi connectivity index (χ0n) is 9.99. The van der Waals surface area contributed by atoms with Gasteiger partial charge in [-0.2, -0.15) is 0 Å². The summed E-state index contributed by atoms with van der Waals surface area (Å²) in [6.45, 7) is 7.29. The molecule has 1 N–H and O–H groups in total. The Bertz CT molecular complexity index is 254. The normalized spacial score (nSPS) is 37.1. The fourth-order valence-electron chi connectivity index (χ4n) is 2.55. The highest BCUT2D eigenvalue weighted by atomic mass is 16.2. The molecule has 1 amide bonds. The number of rotatable bonds is 4. The van der Waals surface area contributed by atoms with E-state index in [-0.39, 0.29) is 6.04 Å². The van der Waals surface area contributed by atoms with E-state index in [0.29, 0.717) is 17.9 Å². The van der Waals surface area contributed by atoms with Crippen LogP contribution in [0.3, 0.4) is 0 Å². The second kappa shape index (κ2) is 4.12. The van der Waals surface area contributed by atoms with Crippen molar-refractivity contribution in [1.82, 2.24) is 10.2 Å². The standard InChI is InChI=1S/C12H22N2O/c1-4-8(3)11-12(15)14(7-13-11)10-6-9(10)5-2/h8-11,13H,4-7H2,1-3H3. The molecule has 0 aromatic carbocycles. The molecule has 1 saturated carbocycles. The molecule has 4 atom stereocenters. The van der Waals surface area contributed by atoms with E-state index in [1.165, 1.54) is 12.8 Å². The van der Waals surface area contributed by atoms with Crippen molar-refractivity contribution < 1.29 is 4.79 Å². The van der Waals surface area contributed by atoms with Gasteiger partial charge in [0.25, 0.3) is 0 Å². The molecule has 15 heavy (non-hydrogen) atoms. The first-order chi connectivity index (χ1) is 7.19. The van der Waals surface area contributed by atoms with Crippen LogP contribution in [0.2, 0.25) is 0 Å². The molecule has 4 unspecified atom stereocenters. The number of carbonyl (C=O) groups excluding carboxylic acids is 1. The van der Waals surface area contributed by atoms with Crippen LogP contribution in [0.4, 0.5) is 0 Å². The molecule has 0 aromatic rings. The molecule has 0 aromatic heterocycles. The molecule has 1 saturated heterocycles. The molecule has 0 spiro atoms. The minimum absolute atomic E-state index is 0.0770. The maximum atomic E-state index is 12.1. The Hall–Kier alpha value is -0.570. The largest absolute Gasteiger partial charge is 0.325 e. The Kier molecular flexibility index (Phi) is 3.01. The van der Waals surface area contributed by atoms with E-state index in [0.717, 1.165) is 19.0 Å². The lowest BCUT2D eigenvalue weighted by Crippen LogP contribution is -2.36. The fraction of sp³-hybridized carbons (Fsp3) is 0.917. The number of carbonyl (C=O) groups is 1. The summed E-state index contributed by atoms with van der Waals surface area (Å²) in [7, 11) is 0. The van der Waals surface area contributed by atoms with Crippen molar-refractivity contribution >= 4 is 5.91 Å². The molecule has 1 heterocycles. The van der Waals surface area contributed by atoms with Gasteiger partial charge in [0, 0.05) is 6.04 Å². The zero-order chi connectivity index (χ0) is 11.0. The topological polar surface area (TPSA) is 32.3 Å². The van der Waals surface area contributed by atoms with Gasteiger partial charge in [-0.3, -0.25) is 10.1 Å². The lowest BCUT2D eigenvalue weighted by Gasteiger charge is -2.18. The minimum Gasteiger partial charge on any atom is -0.325 e. The first-order valence-electron chi connectivity index (χ1n) is 6.22. The predicted molar refractivity (Wildman–Crippen MR) is 60.3 cm³/mol. The Morgan fingerprint density at radius 1 is 1.53 bits per heavy atom. The molecule has 0 bridgehead atoms. The van der Waals surface area contributed by atoms with Crippen LogP contribution in [0, 0.1) is 11.8 Å². The molecule has 1 aliphatic heterocycles. The van der Waals surface area contributed by atoms with Gasteiger partial charge in [-0.1, -0.05) is 33.6 Å². The summed E-state index contributed by atoms with van der Waals surface area (Å²) in [6.07, 6.45) is 3.50. The minimum atomic E-state index is 0.0770. The van der Waals surface area contributed by atoms with Crippen LogP contribution >= 0.6 is 0 Å². The van der Waals surface area contributed by atoms with E-state index in [1.54, 1.807) is 0 Å². The Labute approximate surface area is 92.2 Å². The third-order valence-electron chi connectivity index (χ3n) is 4.05. The van der Waals surface area contributed by atoms with Crippen molar-refractivity contribution in [2.24, 2.45) is 11.8 Å². The molecule has 2 fully saturated rings. The molecule has 86 valence electrons. The summed E-state index contributed by atoms with van der Waals surface area (Å²) in [6, 6.07) is 0.622. The smallest absolute Gasteiger partial charge is 0.241 e. The van der Waals surface area contributed by atoms with Crippen LogP contribution in [-0.2, 0) is 4.79 Å². The van der Waals surface area contributed by atoms with Gasteiger partial charge in [-0.15, -0.1) is 0 Å². The molecular formula is C12H22N2O. The van der Waals surface area contributed by atoms with Crippen molar-refractivity contribution in [3.63, 3.8) is 0 Å². The summed E-state index contributed by atoms with van der Waals surface area (Å²) in [5, 5.41) is 3.35. The van der Waals surface area contributed by atoms with Crippen LogP contribution in [0.1, 0.15) is 40.0 Å². The number of hydrogen-bond acceptors (Lipinski definition) is 2. The second-order valence-corrected chi connectivity index (χ2v) is 5.00. The third kappa shape index (κ3) is 1.89. The summed E-state index contributed by atoms with van der Waals surface area (Å²) < 4.78 is 0. The highest BCUT2D eigenvalue weighted by Gasteiger charge is 2.47. The molecule has 2 rings (SSSR count). The molecule has 1 aliphatic carbocycles. The summed E-state index contributed by atoms with van der Waals surface area (Å²) in [5.41, 5.74) is 0. The zero-order valence-corrected chi connectivity index (χ0v) is 9.99. The number of amides is 1. The Balaban J connectivity index is 1.93. The molecule has 0 radical (unpaired) electrons. The van der Waals surface area contributed by atoms with Crippen molar-refractivity contribution in [1.29, 1.82) is 0 Å². The maximum absolute atomic E-state index is 12.1. The summed E-state index contributed by atoms with van der Waals surface area (Å²) in [4.78, 5) is 14.2. The SMILES string of the molecule is CCC(C)C1NCN(C2CC2CC)C1=O. The predicted octanol–water partition coefficient (Wildman–Crippen LogP) is 1.59. The van der Waals surface area contributed by atoms with Crippen LogP contribution in [0.15, 0.2) is 0 Å². The van der Waals surface area contributed by atoms with Crippen molar-refractivity contribution in [3.8, 4) is 0 Å². The quantitative estimate of drug-likeness (QED) is 0.764. The number of nitrogens with one attached hydrogen (secondary N) is 1. The van der Waals surface area contributed by atoms with E-state index in [4.69, 9.17) is 0 Å². The highest BCUT2D eigenvalue weighted by Crippen LogP contribution is 2.39. The summed E-state index contributed by atoms with van der Waals surface area (Å²) in [5.74, 6) is 1.57. The Morgan fingerprint density at radius 2 is 2.27 bits per heavy atom. The first-order valence-corrected chi connectivity index (χ1v) is 6.22. The van der Waals surface area contributed by atoms with Gasteiger partial charge in [0.2, 0.25) is 5.91 Å². The first kappa shape index (κ1) is 10.9. The van der Waals surface area contributed by atoms with Crippen LogP contribution in [-0.4, -0.2) is 29.6 Å². The van der Waals surface area contributed by atoms with Gasteiger partial charge in [-0.25, -0.2) is 0 Å². The van der Waals surface area contributed by atoms with Gasteiger partial charge >= 0.3 is 0 Å². The van der Waals surface area contributed by atoms with Gasteiger partial charge in [0.1, 0.15) is 0 Å². The van der Waals surface area contributed by atoms with E-state index in [9.17, 15) is 4.79 Å². The average Bonchev–Trinajstić information content (AvgIpc) is 2.94. The van der Waals surface area contributed by atoms with Crippen LogP contribution in [0.25, 0.3) is 0 Å². The molecule has 3 nitrogen and oxygen atoms in total. The Morgan fingerprint density at radius 3 is 2.80 bits per heavy atom. The fourth-order valence-corrected chi connectivity index (χ4v) is 2.55. The van der Waals surface area contributed by atoms with Gasteiger partial charge in [0.05, 0.1) is 12.7 Å². The molecule has 3 heteroatoms. The third-order valence-corrected chi connectivity index (χ3v) is 4.05. The molecule has 2 aliphatic rings. The lowest BCUT2D eigenvalue weighted by molar-refractivity contribution is -0.130. The monoisotopic (exact) mass is 210 g/mol. The van der Waals surface area contributed by atoms with Crippen LogP contribution < -0.4 is 5.32 Å². The van der Waals surface area contributed by atoms with E-state index >= 15 is 0 Å². The van der Waals surface area contributed by atoms with Crippen LogP contribution in [0.5, 0.6) is 0 Å². The van der Waals surface area contributed by atoms with E-state index < -0.39 is 0 Å². The second-order valence-electron chi connectivity index (χ2n) is 5.00. The molecular weight excluding hydrogens is 188 g/mol. The average molecular weight is 210 g/mol. The van der Waals surface area contributed by atoms with Gasteiger partial charge in [-0.05, 0) is 18.3 Å². The summed E-state index contributed by atoms with van der Waals surface area (Å²) >= 11 is 0. The lowest BCUT2D eigenvalue weighted by atomic mass is 9.99. The number of hydrogen-bond donors (Lipinski definition) is 1. The van der Waals surface area contributed by atoms with Crippen molar-refractivity contribution in [2.75, 3.05) is 6.67 Å². The number of nitrogens with zero attached hydrogens (tertiary/aromatic N) is 1. The van der Waals surface area contributed by atoms with E-state index in [1.807, 2.05) is 0 Å².